The van der Waals surface area contributed by atoms with Gasteiger partial charge in [-0.15, -0.1) is 0 Å². The van der Waals surface area contributed by atoms with E-state index in [1.54, 1.807) is 0 Å². The van der Waals surface area contributed by atoms with Crippen LogP contribution in [0.2, 0.25) is 0 Å². The fraction of sp³-hybridized carbons (Fsp3) is 0.455. The van der Waals surface area contributed by atoms with E-state index in [-0.39, 0.29) is 17.4 Å². The monoisotopic (exact) mass is 243 g/mol. The Labute approximate surface area is 97.3 Å². The highest BCUT2D eigenvalue weighted by molar-refractivity contribution is 5.52. The fourth-order valence-corrected chi connectivity index (χ4v) is 1.15. The van der Waals surface area contributed by atoms with Gasteiger partial charge in [-0.25, -0.2) is 4.98 Å². The summed E-state index contributed by atoms with van der Waals surface area (Å²) in [5, 5.41) is 11.6. The van der Waals surface area contributed by atoms with E-state index in [4.69, 9.17) is 5.26 Å². The van der Waals surface area contributed by atoms with Crippen LogP contribution >= 0.6 is 0 Å². The summed E-state index contributed by atoms with van der Waals surface area (Å²) < 4.78 is 37.3. The summed E-state index contributed by atoms with van der Waals surface area (Å²) in [6.45, 7) is 3.69. The molecule has 0 fully saturated rings. The van der Waals surface area contributed by atoms with Crippen LogP contribution in [0.1, 0.15) is 31.5 Å². The van der Waals surface area contributed by atoms with Crippen molar-refractivity contribution in [3.05, 3.63) is 23.4 Å². The first-order valence-corrected chi connectivity index (χ1v) is 5.13. The van der Waals surface area contributed by atoms with Crippen LogP contribution in [0.5, 0.6) is 0 Å². The first kappa shape index (κ1) is 13.3. The van der Waals surface area contributed by atoms with E-state index in [2.05, 4.69) is 10.3 Å². The summed E-state index contributed by atoms with van der Waals surface area (Å²) in [4.78, 5) is 3.44. The molecule has 6 heteroatoms. The smallest absolute Gasteiger partial charge is 0.367 e. The molecule has 1 unspecified atom stereocenters. The Morgan fingerprint density at radius 2 is 2.12 bits per heavy atom. The molecule has 1 atom stereocenters. The van der Waals surface area contributed by atoms with E-state index in [9.17, 15) is 13.2 Å². The predicted octanol–water partition coefficient (Wildman–Crippen LogP) is 3.18. The second kappa shape index (κ2) is 5.04. The predicted molar refractivity (Wildman–Crippen MR) is 57.3 cm³/mol. The van der Waals surface area contributed by atoms with Crippen LogP contribution in [-0.4, -0.2) is 11.0 Å². The molecule has 0 aliphatic rings. The maximum Gasteiger partial charge on any atom is 0.433 e. The standard InChI is InChI=1S/C11H12F3N3/c1-3-7(2)16-10-8(6-15)4-5-9(17-10)11(12,13)14/h4-5,7H,3H2,1-2H3,(H,16,17). The van der Waals surface area contributed by atoms with Crippen molar-refractivity contribution in [3.8, 4) is 6.07 Å². The first-order valence-electron chi connectivity index (χ1n) is 5.13. The van der Waals surface area contributed by atoms with E-state index >= 15 is 0 Å². The summed E-state index contributed by atoms with van der Waals surface area (Å²) in [5.74, 6) is -0.0170. The molecule has 17 heavy (non-hydrogen) atoms. The number of alkyl halides is 3. The molecule has 0 amide bonds. The minimum Gasteiger partial charge on any atom is -0.367 e. The van der Waals surface area contributed by atoms with Gasteiger partial charge in [-0.05, 0) is 25.5 Å². The van der Waals surface area contributed by atoms with Gasteiger partial charge in [0.2, 0.25) is 0 Å². The van der Waals surface area contributed by atoms with Gasteiger partial charge in [0, 0.05) is 6.04 Å². The lowest BCUT2D eigenvalue weighted by Gasteiger charge is -2.15. The minimum absolute atomic E-state index is 0.0170. The number of hydrogen-bond donors (Lipinski definition) is 1. The van der Waals surface area contributed by atoms with Gasteiger partial charge in [-0.2, -0.15) is 18.4 Å². The Kier molecular flexibility index (Phi) is 3.94. The van der Waals surface area contributed by atoms with Crippen molar-refractivity contribution in [2.24, 2.45) is 0 Å². The van der Waals surface area contributed by atoms with Gasteiger partial charge >= 0.3 is 6.18 Å². The lowest BCUT2D eigenvalue weighted by molar-refractivity contribution is -0.141. The van der Waals surface area contributed by atoms with Gasteiger partial charge in [0.05, 0.1) is 5.56 Å². The topological polar surface area (TPSA) is 48.7 Å². The van der Waals surface area contributed by atoms with E-state index in [0.29, 0.717) is 0 Å². The Morgan fingerprint density at radius 1 is 1.47 bits per heavy atom. The Morgan fingerprint density at radius 3 is 2.59 bits per heavy atom. The summed E-state index contributed by atoms with van der Waals surface area (Å²) in [7, 11) is 0. The SMILES string of the molecule is CCC(C)Nc1nc(C(F)(F)F)ccc1C#N. The molecular formula is C11H12F3N3. The number of nitriles is 1. The molecular weight excluding hydrogens is 231 g/mol. The number of nitrogens with zero attached hydrogens (tertiary/aromatic N) is 2. The van der Waals surface area contributed by atoms with Crippen molar-refractivity contribution < 1.29 is 13.2 Å². The molecule has 0 aromatic carbocycles. The molecule has 0 saturated heterocycles. The van der Waals surface area contributed by atoms with Crippen molar-refractivity contribution in [3.63, 3.8) is 0 Å². The van der Waals surface area contributed by atoms with E-state index in [1.165, 1.54) is 0 Å². The number of halogens is 3. The van der Waals surface area contributed by atoms with E-state index in [1.807, 2.05) is 19.9 Å². The van der Waals surface area contributed by atoms with Crippen molar-refractivity contribution in [1.82, 2.24) is 4.98 Å². The van der Waals surface area contributed by atoms with Gasteiger partial charge < -0.3 is 5.32 Å². The zero-order chi connectivity index (χ0) is 13.1. The molecule has 1 N–H and O–H groups in total. The van der Waals surface area contributed by atoms with E-state index in [0.717, 1.165) is 18.6 Å². The molecule has 0 radical (unpaired) electrons. The molecule has 1 rings (SSSR count). The van der Waals surface area contributed by atoms with E-state index < -0.39 is 11.9 Å². The zero-order valence-corrected chi connectivity index (χ0v) is 9.47. The lowest BCUT2D eigenvalue weighted by Crippen LogP contribution is -2.17. The molecule has 0 bridgehead atoms. The van der Waals surface area contributed by atoms with Crippen molar-refractivity contribution in [2.45, 2.75) is 32.5 Å². The van der Waals surface area contributed by atoms with Crippen molar-refractivity contribution >= 4 is 5.82 Å². The highest BCUT2D eigenvalue weighted by atomic mass is 19.4. The Bertz CT molecular complexity index is 435. The number of aromatic nitrogens is 1. The van der Waals surface area contributed by atoms with Crippen LogP contribution in [0.15, 0.2) is 12.1 Å². The maximum absolute atomic E-state index is 12.4. The van der Waals surface area contributed by atoms with Crippen LogP contribution in [0, 0.1) is 11.3 Å². The Balaban J connectivity index is 3.12. The third-order valence-corrected chi connectivity index (χ3v) is 2.30. The quantitative estimate of drug-likeness (QED) is 0.886. The second-order valence-corrected chi connectivity index (χ2v) is 3.66. The lowest BCUT2D eigenvalue weighted by atomic mass is 10.2. The van der Waals surface area contributed by atoms with Gasteiger partial charge in [0.15, 0.2) is 0 Å². The van der Waals surface area contributed by atoms with Crippen molar-refractivity contribution in [2.75, 3.05) is 5.32 Å². The second-order valence-electron chi connectivity index (χ2n) is 3.66. The first-order chi connectivity index (χ1) is 7.88. The van der Waals surface area contributed by atoms with Crippen LogP contribution in [0.3, 0.4) is 0 Å². The summed E-state index contributed by atoms with van der Waals surface area (Å²) in [6.07, 6.45) is -3.78. The van der Waals surface area contributed by atoms with Crippen LogP contribution < -0.4 is 5.32 Å². The molecule has 0 aliphatic heterocycles. The minimum atomic E-state index is -4.50. The maximum atomic E-state index is 12.4. The number of rotatable bonds is 3. The van der Waals surface area contributed by atoms with Crippen LogP contribution in [0.25, 0.3) is 0 Å². The summed E-state index contributed by atoms with van der Waals surface area (Å²) >= 11 is 0. The highest BCUT2D eigenvalue weighted by Crippen LogP contribution is 2.29. The molecule has 0 aliphatic carbocycles. The third-order valence-electron chi connectivity index (χ3n) is 2.30. The largest absolute Gasteiger partial charge is 0.433 e. The molecule has 0 saturated carbocycles. The number of hydrogen-bond acceptors (Lipinski definition) is 3. The van der Waals surface area contributed by atoms with Gasteiger partial charge in [0.25, 0.3) is 0 Å². The average molecular weight is 243 g/mol. The molecule has 3 nitrogen and oxygen atoms in total. The number of nitrogens with one attached hydrogen (secondary N) is 1. The van der Waals surface area contributed by atoms with Gasteiger partial charge in [-0.1, -0.05) is 6.92 Å². The Hall–Kier alpha value is -1.77. The van der Waals surface area contributed by atoms with Gasteiger partial charge in [0.1, 0.15) is 17.6 Å². The molecule has 0 spiro atoms. The summed E-state index contributed by atoms with van der Waals surface area (Å²) in [5.41, 5.74) is -0.888. The molecule has 92 valence electrons. The number of pyridine rings is 1. The van der Waals surface area contributed by atoms with Crippen molar-refractivity contribution in [1.29, 1.82) is 5.26 Å². The third kappa shape index (κ3) is 3.34. The average Bonchev–Trinajstić information content (AvgIpc) is 2.27. The normalized spacial score (nSPS) is 12.9. The van der Waals surface area contributed by atoms with Crippen LogP contribution in [-0.2, 0) is 6.18 Å². The zero-order valence-electron chi connectivity index (χ0n) is 9.47. The van der Waals surface area contributed by atoms with Crippen LogP contribution in [0.4, 0.5) is 19.0 Å². The molecule has 1 heterocycles. The van der Waals surface area contributed by atoms with Gasteiger partial charge in [-0.3, -0.25) is 0 Å². The summed E-state index contributed by atoms with van der Waals surface area (Å²) in [6, 6.07) is 3.70. The highest BCUT2D eigenvalue weighted by Gasteiger charge is 2.33. The molecule has 1 aromatic rings. The fourth-order valence-electron chi connectivity index (χ4n) is 1.15. The molecule has 1 aromatic heterocycles. The number of anilines is 1.